The summed E-state index contributed by atoms with van der Waals surface area (Å²) in [5.74, 6) is -0.761. The molecule has 0 unspecified atom stereocenters. The Bertz CT molecular complexity index is 1260. The fraction of sp³-hybridized carbons (Fsp3) is 0.238. The Morgan fingerprint density at radius 3 is 2.78 bits per heavy atom. The van der Waals surface area contributed by atoms with Gasteiger partial charge in [-0.1, -0.05) is 17.7 Å². The van der Waals surface area contributed by atoms with E-state index in [-0.39, 0.29) is 16.5 Å². The van der Waals surface area contributed by atoms with Crippen molar-refractivity contribution in [3.05, 3.63) is 74.4 Å². The highest BCUT2D eigenvalue weighted by Gasteiger charge is 2.25. The Morgan fingerprint density at radius 1 is 1.31 bits per heavy atom. The maximum absolute atomic E-state index is 14.2. The van der Waals surface area contributed by atoms with E-state index in [1.807, 2.05) is 0 Å². The highest BCUT2D eigenvalue weighted by Crippen LogP contribution is 2.20. The Balaban J connectivity index is 1.45. The van der Waals surface area contributed by atoms with Crippen molar-refractivity contribution >= 4 is 34.7 Å². The predicted octanol–water partition coefficient (Wildman–Crippen LogP) is 3.04. The van der Waals surface area contributed by atoms with Gasteiger partial charge in [-0.05, 0) is 18.2 Å². The van der Waals surface area contributed by atoms with E-state index in [2.05, 4.69) is 20.9 Å². The summed E-state index contributed by atoms with van der Waals surface area (Å²) in [6.45, 7) is 2.47. The number of nitriles is 1. The molecular weight excluding hydrogens is 455 g/mol. The van der Waals surface area contributed by atoms with E-state index in [9.17, 15) is 19.7 Å². The van der Waals surface area contributed by atoms with Crippen LogP contribution in [0.15, 0.2) is 46.9 Å². The number of hydrogen-bond donors (Lipinski definition) is 1. The SMILES string of the molecule is N#Cc1cc(CN2CCN(C(=O)c3cccc(Cl)c3F)CC2)nc(/N=c2\sccn2O)c1. The van der Waals surface area contributed by atoms with Crippen LogP contribution in [-0.4, -0.2) is 56.8 Å². The summed E-state index contributed by atoms with van der Waals surface area (Å²) in [5, 5.41) is 20.7. The molecule has 1 fully saturated rings. The van der Waals surface area contributed by atoms with Crippen LogP contribution in [0.4, 0.5) is 10.2 Å². The van der Waals surface area contributed by atoms with Gasteiger partial charge < -0.3 is 10.1 Å². The molecule has 0 bridgehead atoms. The number of piperazine rings is 1. The maximum Gasteiger partial charge on any atom is 0.256 e. The number of pyridine rings is 1. The van der Waals surface area contributed by atoms with Crippen molar-refractivity contribution in [1.29, 1.82) is 5.26 Å². The third kappa shape index (κ3) is 4.80. The van der Waals surface area contributed by atoms with Gasteiger partial charge in [0.2, 0.25) is 4.80 Å². The Kier molecular flexibility index (Phi) is 6.50. The monoisotopic (exact) mass is 472 g/mol. The number of thiazole rings is 1. The molecule has 3 heterocycles. The molecule has 164 valence electrons. The van der Waals surface area contributed by atoms with Crippen LogP contribution in [0.25, 0.3) is 0 Å². The van der Waals surface area contributed by atoms with E-state index in [1.165, 1.54) is 29.7 Å². The van der Waals surface area contributed by atoms with Gasteiger partial charge in [0, 0.05) is 44.2 Å². The molecule has 1 N–H and O–H groups in total. The van der Waals surface area contributed by atoms with E-state index >= 15 is 0 Å². The number of nitrogens with zero attached hydrogens (tertiary/aromatic N) is 6. The molecule has 2 aromatic heterocycles. The minimum Gasteiger partial charge on any atom is -0.426 e. The molecule has 0 aliphatic carbocycles. The average Bonchev–Trinajstić information content (AvgIpc) is 3.19. The minimum atomic E-state index is -0.703. The molecule has 3 aromatic rings. The summed E-state index contributed by atoms with van der Waals surface area (Å²) in [6.07, 6.45) is 1.47. The van der Waals surface area contributed by atoms with Crippen molar-refractivity contribution in [3.8, 4) is 6.07 Å². The molecule has 0 saturated carbocycles. The lowest BCUT2D eigenvalue weighted by Crippen LogP contribution is -2.48. The van der Waals surface area contributed by atoms with Crippen LogP contribution in [0.2, 0.25) is 5.02 Å². The molecule has 32 heavy (non-hydrogen) atoms. The van der Waals surface area contributed by atoms with Crippen molar-refractivity contribution < 1.29 is 14.4 Å². The molecule has 8 nitrogen and oxygen atoms in total. The Labute approximate surface area is 192 Å². The number of amides is 1. The van der Waals surface area contributed by atoms with Crippen molar-refractivity contribution in [2.24, 2.45) is 4.99 Å². The molecular formula is C21H18ClFN6O2S. The molecule has 0 atom stereocenters. The summed E-state index contributed by atoms with van der Waals surface area (Å²) >= 11 is 7.04. The van der Waals surface area contributed by atoms with Crippen LogP contribution in [0.1, 0.15) is 21.6 Å². The number of halogens is 2. The molecule has 0 spiro atoms. The predicted molar refractivity (Wildman–Crippen MR) is 116 cm³/mol. The second-order valence-corrected chi connectivity index (χ2v) is 8.41. The van der Waals surface area contributed by atoms with Gasteiger partial charge in [-0.25, -0.2) is 9.37 Å². The molecule has 0 radical (unpaired) electrons. The number of carbonyl (C=O) groups excluding carboxylic acids is 1. The van der Waals surface area contributed by atoms with Crippen LogP contribution < -0.4 is 4.80 Å². The van der Waals surface area contributed by atoms with Crippen LogP contribution in [0, 0.1) is 17.1 Å². The lowest BCUT2D eigenvalue weighted by Gasteiger charge is -2.34. The first-order valence-corrected chi connectivity index (χ1v) is 11.0. The topological polar surface area (TPSA) is 97.8 Å². The van der Waals surface area contributed by atoms with Gasteiger partial charge in [0.25, 0.3) is 5.91 Å². The highest BCUT2D eigenvalue weighted by molar-refractivity contribution is 7.07. The molecule has 4 rings (SSSR count). The summed E-state index contributed by atoms with van der Waals surface area (Å²) in [7, 11) is 0. The summed E-state index contributed by atoms with van der Waals surface area (Å²) in [6, 6.07) is 9.75. The summed E-state index contributed by atoms with van der Waals surface area (Å²) in [5.41, 5.74) is 1.04. The quantitative estimate of drug-likeness (QED) is 0.588. The van der Waals surface area contributed by atoms with Gasteiger partial charge in [0.15, 0.2) is 11.6 Å². The normalized spacial score (nSPS) is 15.0. The molecule has 1 amide bonds. The Hall–Kier alpha value is -3.26. The van der Waals surface area contributed by atoms with Gasteiger partial charge in [-0.3, -0.25) is 9.69 Å². The first-order chi connectivity index (χ1) is 15.4. The second kappa shape index (κ2) is 9.48. The standard InChI is InChI=1S/C21H18ClFN6O2S/c22-17-3-1-2-16(19(17)23)20(30)28-6-4-27(5-7-28)13-15-10-14(12-24)11-18(25-15)26-21-29(31)8-9-32-21/h1-3,8-11,31H,4-7,13H2/b26-21-. The highest BCUT2D eigenvalue weighted by atomic mass is 35.5. The van der Waals surface area contributed by atoms with Gasteiger partial charge in [-0.2, -0.15) is 15.0 Å². The lowest BCUT2D eigenvalue weighted by molar-refractivity contribution is 0.0622. The molecule has 1 aliphatic rings. The number of aromatic nitrogens is 2. The fourth-order valence-electron chi connectivity index (χ4n) is 3.39. The van der Waals surface area contributed by atoms with E-state index < -0.39 is 5.82 Å². The zero-order valence-electron chi connectivity index (χ0n) is 16.8. The van der Waals surface area contributed by atoms with Crippen molar-refractivity contribution in [3.63, 3.8) is 0 Å². The zero-order valence-corrected chi connectivity index (χ0v) is 18.4. The maximum atomic E-state index is 14.2. The van der Waals surface area contributed by atoms with Crippen molar-refractivity contribution in [2.75, 3.05) is 26.2 Å². The zero-order chi connectivity index (χ0) is 22.7. The van der Waals surface area contributed by atoms with E-state index in [0.29, 0.717) is 54.6 Å². The minimum absolute atomic E-state index is 0.0321. The molecule has 1 saturated heterocycles. The van der Waals surface area contributed by atoms with Crippen LogP contribution in [0.3, 0.4) is 0 Å². The smallest absolute Gasteiger partial charge is 0.256 e. The largest absolute Gasteiger partial charge is 0.426 e. The number of carbonyl (C=O) groups is 1. The van der Waals surface area contributed by atoms with Gasteiger partial charge in [0.1, 0.15) is 0 Å². The fourth-order valence-corrected chi connectivity index (χ4v) is 4.18. The first kappa shape index (κ1) is 22.0. The molecule has 1 aliphatic heterocycles. The molecule has 1 aromatic carbocycles. The van der Waals surface area contributed by atoms with E-state index in [4.69, 9.17) is 11.6 Å². The third-order valence-electron chi connectivity index (χ3n) is 5.00. The average molecular weight is 473 g/mol. The first-order valence-electron chi connectivity index (χ1n) is 9.71. The third-order valence-corrected chi connectivity index (χ3v) is 6.04. The van der Waals surface area contributed by atoms with E-state index in [1.54, 1.807) is 28.5 Å². The van der Waals surface area contributed by atoms with Gasteiger partial charge >= 0.3 is 0 Å². The Morgan fingerprint density at radius 2 is 2.09 bits per heavy atom. The van der Waals surface area contributed by atoms with Crippen LogP contribution in [0.5, 0.6) is 0 Å². The van der Waals surface area contributed by atoms with Crippen LogP contribution in [-0.2, 0) is 6.54 Å². The second-order valence-electron chi connectivity index (χ2n) is 7.13. The van der Waals surface area contributed by atoms with Gasteiger partial charge in [0.05, 0.1) is 34.1 Å². The summed E-state index contributed by atoms with van der Waals surface area (Å²) in [4.78, 5) is 25.5. The van der Waals surface area contributed by atoms with E-state index in [0.717, 1.165) is 4.73 Å². The van der Waals surface area contributed by atoms with Crippen LogP contribution >= 0.6 is 22.9 Å². The molecule has 11 heteroatoms. The summed E-state index contributed by atoms with van der Waals surface area (Å²) < 4.78 is 15.1. The number of rotatable bonds is 4. The van der Waals surface area contributed by atoms with Gasteiger partial charge in [-0.15, -0.1) is 11.3 Å². The lowest BCUT2D eigenvalue weighted by atomic mass is 10.1. The van der Waals surface area contributed by atoms with Crippen molar-refractivity contribution in [2.45, 2.75) is 6.54 Å². The number of benzene rings is 1. The van der Waals surface area contributed by atoms with Crippen molar-refractivity contribution in [1.82, 2.24) is 19.5 Å². The number of hydrogen-bond acceptors (Lipinski definition) is 7.